The van der Waals surface area contributed by atoms with Crippen molar-refractivity contribution >= 4 is 11.6 Å². The van der Waals surface area contributed by atoms with Gasteiger partial charge < -0.3 is 10.1 Å². The Balaban J connectivity index is 2.09. The average Bonchev–Trinajstić information content (AvgIpc) is 2.93. The third kappa shape index (κ3) is 2.54. The molecule has 1 aliphatic rings. The number of benzene rings is 2. The molecule has 0 saturated carbocycles. The van der Waals surface area contributed by atoms with E-state index in [1.807, 2.05) is 18.2 Å². The number of fused-ring (bicyclic) bond motifs is 1. The van der Waals surface area contributed by atoms with Gasteiger partial charge in [-0.1, -0.05) is 48.9 Å². The number of ether oxygens (including phenoxy) is 1. The number of rotatable bonds is 4. The summed E-state index contributed by atoms with van der Waals surface area (Å²) in [6.45, 7) is 3.75. The molecule has 0 aromatic heterocycles. The second-order valence-corrected chi connectivity index (χ2v) is 5.42. The number of halogens is 1. The predicted molar refractivity (Wildman–Crippen MR) is 82.6 cm³/mol. The van der Waals surface area contributed by atoms with Crippen LogP contribution in [0.2, 0.25) is 5.02 Å². The van der Waals surface area contributed by atoms with Gasteiger partial charge in [0.25, 0.3) is 0 Å². The average molecular weight is 288 g/mol. The number of hydrogen-bond acceptors (Lipinski definition) is 2. The van der Waals surface area contributed by atoms with Gasteiger partial charge in [-0.05, 0) is 29.8 Å². The van der Waals surface area contributed by atoms with Crippen molar-refractivity contribution in [1.82, 2.24) is 5.32 Å². The molecule has 3 rings (SSSR count). The Bertz CT molecular complexity index is 597. The van der Waals surface area contributed by atoms with Crippen LogP contribution in [-0.4, -0.2) is 13.2 Å². The number of nitrogens with one attached hydrogen (secondary N) is 1. The summed E-state index contributed by atoms with van der Waals surface area (Å²) in [6.07, 6.45) is 0.941. The molecule has 20 heavy (non-hydrogen) atoms. The van der Waals surface area contributed by atoms with Gasteiger partial charge in [-0.15, -0.1) is 0 Å². The maximum Gasteiger partial charge on any atom is 0.127 e. The summed E-state index contributed by atoms with van der Waals surface area (Å²) in [7, 11) is 0. The Hall–Kier alpha value is -1.51. The maximum absolute atomic E-state index is 6.28. The summed E-state index contributed by atoms with van der Waals surface area (Å²) in [5.74, 6) is 1.00. The summed E-state index contributed by atoms with van der Waals surface area (Å²) < 4.78 is 5.83. The summed E-state index contributed by atoms with van der Waals surface area (Å²) in [6, 6.07) is 14.6. The summed E-state index contributed by atoms with van der Waals surface area (Å²) in [5, 5.41) is 4.31. The first-order valence-electron chi connectivity index (χ1n) is 7.03. The van der Waals surface area contributed by atoms with Crippen LogP contribution in [0.25, 0.3) is 0 Å². The predicted octanol–water partition coefficient (Wildman–Crippen LogP) is 3.97. The van der Waals surface area contributed by atoms with Crippen molar-refractivity contribution in [2.75, 3.05) is 13.2 Å². The van der Waals surface area contributed by atoms with Crippen LogP contribution in [0.15, 0.2) is 42.5 Å². The van der Waals surface area contributed by atoms with Gasteiger partial charge in [0.2, 0.25) is 0 Å². The van der Waals surface area contributed by atoms with Gasteiger partial charge in [0.15, 0.2) is 0 Å². The summed E-state index contributed by atoms with van der Waals surface area (Å²) in [5.41, 5.74) is 3.58. The normalized spacial score (nSPS) is 14.7. The van der Waals surface area contributed by atoms with Gasteiger partial charge in [0.05, 0.1) is 12.6 Å². The Morgan fingerprint density at radius 3 is 2.80 bits per heavy atom. The highest BCUT2D eigenvalue weighted by atomic mass is 35.5. The highest BCUT2D eigenvalue weighted by Crippen LogP contribution is 2.38. The zero-order valence-electron chi connectivity index (χ0n) is 11.5. The maximum atomic E-state index is 6.28. The van der Waals surface area contributed by atoms with E-state index < -0.39 is 0 Å². The van der Waals surface area contributed by atoms with Crippen LogP contribution in [0.4, 0.5) is 0 Å². The Labute approximate surface area is 124 Å². The van der Waals surface area contributed by atoms with E-state index in [2.05, 4.69) is 36.5 Å². The largest absolute Gasteiger partial charge is 0.493 e. The Morgan fingerprint density at radius 1 is 1.25 bits per heavy atom. The van der Waals surface area contributed by atoms with Crippen LogP contribution in [0, 0.1) is 0 Å². The molecule has 0 spiro atoms. The Kier molecular flexibility index (Phi) is 3.95. The smallest absolute Gasteiger partial charge is 0.127 e. The molecular weight excluding hydrogens is 270 g/mol. The topological polar surface area (TPSA) is 21.3 Å². The molecule has 1 heterocycles. The summed E-state index contributed by atoms with van der Waals surface area (Å²) in [4.78, 5) is 0. The molecule has 1 N–H and O–H groups in total. The van der Waals surface area contributed by atoms with Crippen LogP contribution < -0.4 is 10.1 Å². The fourth-order valence-corrected chi connectivity index (χ4v) is 3.02. The van der Waals surface area contributed by atoms with Gasteiger partial charge >= 0.3 is 0 Å². The van der Waals surface area contributed by atoms with Crippen molar-refractivity contribution in [3.63, 3.8) is 0 Å². The number of hydrogen-bond donors (Lipinski definition) is 1. The zero-order chi connectivity index (χ0) is 13.9. The first-order valence-corrected chi connectivity index (χ1v) is 7.41. The minimum Gasteiger partial charge on any atom is -0.493 e. The third-order valence-electron chi connectivity index (χ3n) is 3.63. The van der Waals surface area contributed by atoms with E-state index >= 15 is 0 Å². The minimum atomic E-state index is 0.117. The van der Waals surface area contributed by atoms with E-state index in [9.17, 15) is 0 Å². The zero-order valence-corrected chi connectivity index (χ0v) is 12.3. The van der Waals surface area contributed by atoms with Crippen molar-refractivity contribution in [2.24, 2.45) is 0 Å². The second kappa shape index (κ2) is 5.86. The fourth-order valence-electron chi connectivity index (χ4n) is 2.77. The first-order chi connectivity index (χ1) is 9.79. The lowest BCUT2D eigenvalue weighted by Crippen LogP contribution is -2.22. The van der Waals surface area contributed by atoms with Crippen LogP contribution in [0.3, 0.4) is 0 Å². The van der Waals surface area contributed by atoms with Crippen molar-refractivity contribution in [3.8, 4) is 5.75 Å². The fraction of sp³-hybridized carbons (Fsp3) is 0.294. The van der Waals surface area contributed by atoms with Gasteiger partial charge in [-0.3, -0.25) is 0 Å². The van der Waals surface area contributed by atoms with E-state index in [4.69, 9.17) is 16.3 Å². The molecule has 0 radical (unpaired) electrons. The summed E-state index contributed by atoms with van der Waals surface area (Å²) >= 11 is 6.28. The molecule has 2 aromatic carbocycles. The van der Waals surface area contributed by atoms with Crippen LogP contribution >= 0.6 is 11.6 Å². The van der Waals surface area contributed by atoms with E-state index in [0.29, 0.717) is 0 Å². The molecule has 3 heteroatoms. The molecule has 104 valence electrons. The van der Waals surface area contributed by atoms with Crippen molar-refractivity contribution < 1.29 is 4.74 Å². The first kappa shape index (κ1) is 13.5. The molecule has 2 aromatic rings. The van der Waals surface area contributed by atoms with Crippen molar-refractivity contribution in [3.05, 3.63) is 64.2 Å². The second-order valence-electron chi connectivity index (χ2n) is 4.98. The van der Waals surface area contributed by atoms with Gasteiger partial charge in [0.1, 0.15) is 5.75 Å². The van der Waals surface area contributed by atoms with E-state index in [1.165, 1.54) is 11.1 Å². The standard InChI is InChI=1S/C17H18ClNO/c1-2-19-16(12-6-4-3-5-7-12)15-11-14(18)10-13-8-9-20-17(13)15/h3-7,10-11,16,19H,2,8-9H2,1H3. The minimum absolute atomic E-state index is 0.117. The van der Waals surface area contributed by atoms with Gasteiger partial charge in [0, 0.05) is 17.0 Å². The quantitative estimate of drug-likeness (QED) is 0.918. The highest BCUT2D eigenvalue weighted by molar-refractivity contribution is 6.30. The van der Waals surface area contributed by atoms with Crippen LogP contribution in [0.1, 0.15) is 29.7 Å². The molecule has 2 nitrogen and oxygen atoms in total. The van der Waals surface area contributed by atoms with Crippen LogP contribution in [0.5, 0.6) is 5.75 Å². The molecule has 0 amide bonds. The molecule has 1 unspecified atom stereocenters. The van der Waals surface area contributed by atoms with Gasteiger partial charge in [-0.25, -0.2) is 0 Å². The molecule has 0 aliphatic carbocycles. The van der Waals surface area contributed by atoms with Crippen molar-refractivity contribution in [1.29, 1.82) is 0 Å². The third-order valence-corrected chi connectivity index (χ3v) is 3.85. The van der Waals surface area contributed by atoms with E-state index in [0.717, 1.165) is 35.9 Å². The van der Waals surface area contributed by atoms with E-state index in [-0.39, 0.29) is 6.04 Å². The highest BCUT2D eigenvalue weighted by Gasteiger charge is 2.23. The van der Waals surface area contributed by atoms with Crippen molar-refractivity contribution in [2.45, 2.75) is 19.4 Å². The monoisotopic (exact) mass is 287 g/mol. The lowest BCUT2D eigenvalue weighted by atomic mass is 9.95. The molecule has 0 saturated heterocycles. The lowest BCUT2D eigenvalue weighted by Gasteiger charge is -2.21. The SMILES string of the molecule is CCNC(c1ccccc1)c1cc(Cl)cc2c1OCC2. The van der Waals surface area contributed by atoms with Crippen LogP contribution in [-0.2, 0) is 6.42 Å². The Morgan fingerprint density at radius 2 is 2.05 bits per heavy atom. The van der Waals surface area contributed by atoms with E-state index in [1.54, 1.807) is 0 Å². The lowest BCUT2D eigenvalue weighted by molar-refractivity contribution is 0.350. The molecule has 1 atom stereocenters. The van der Waals surface area contributed by atoms with Gasteiger partial charge in [-0.2, -0.15) is 0 Å². The molecular formula is C17H18ClNO. The molecule has 1 aliphatic heterocycles. The molecule has 0 bridgehead atoms. The molecule has 0 fully saturated rings.